The van der Waals surface area contributed by atoms with Gasteiger partial charge in [0.25, 0.3) is 0 Å². The van der Waals surface area contributed by atoms with Crippen LogP contribution >= 0.6 is 0 Å². The second kappa shape index (κ2) is 11.4. The predicted octanol–water partition coefficient (Wildman–Crippen LogP) is 13.1. The van der Waals surface area contributed by atoms with Crippen LogP contribution in [-0.4, -0.2) is 10.6 Å². The molecule has 0 aliphatic heterocycles. The summed E-state index contributed by atoms with van der Waals surface area (Å²) >= 11 is 0. The highest BCUT2D eigenvalue weighted by Gasteiger charge is 2.26. The van der Waals surface area contributed by atoms with Crippen molar-refractivity contribution in [3.05, 3.63) is 182 Å². The van der Waals surface area contributed by atoms with Crippen molar-refractivity contribution in [2.45, 2.75) is 12.5 Å². The molecule has 0 amide bonds. The molecule has 3 heterocycles. The lowest BCUT2D eigenvalue weighted by Crippen LogP contribution is -2.30. The zero-order valence-electron chi connectivity index (χ0n) is 28.2. The topological polar surface area (TPSA) is 34.5 Å². The van der Waals surface area contributed by atoms with Crippen LogP contribution in [0.4, 0.5) is 11.4 Å². The third-order valence-electron chi connectivity index (χ3n) is 10.7. The maximum atomic E-state index is 6.67. The molecule has 4 nitrogen and oxygen atoms in total. The van der Waals surface area contributed by atoms with Crippen molar-refractivity contribution in [2.24, 2.45) is 0 Å². The van der Waals surface area contributed by atoms with Gasteiger partial charge >= 0.3 is 0 Å². The highest BCUT2D eigenvalue weighted by molar-refractivity contribution is 6.12. The van der Waals surface area contributed by atoms with Gasteiger partial charge < -0.3 is 18.3 Å². The first kappa shape index (κ1) is 29.0. The standard InChI is InChI=1S/C48H32N2O2/c1-2-12-32(13-3-1)50-42-20-7-4-14-36(42)37-29-28-34(30-44(37)50)49(43-21-11-19-41-39-16-6-9-23-46(39)52-48(41)43)33-26-24-31(25-27-33)35-17-10-18-40-38-15-5-8-22-45(38)51-47(35)40/h1-26,28-30,33H,27H2. The number of furan rings is 2. The summed E-state index contributed by atoms with van der Waals surface area (Å²) in [5.41, 5.74) is 11.6. The van der Waals surface area contributed by atoms with Crippen LogP contribution in [0.5, 0.6) is 0 Å². The zero-order chi connectivity index (χ0) is 34.2. The van der Waals surface area contributed by atoms with Crippen LogP contribution in [0.25, 0.3) is 76.9 Å². The van der Waals surface area contributed by atoms with E-state index in [1.807, 2.05) is 18.2 Å². The SMILES string of the molecule is C1=CC(N(c2ccc3c4ccccc4n(-c4ccccc4)c3c2)c2cccc3c2oc2ccccc23)CC=C1c1cccc2c1oc1ccccc12. The fourth-order valence-electron chi connectivity index (χ4n) is 8.37. The van der Waals surface area contributed by atoms with Gasteiger partial charge in [0.15, 0.2) is 5.58 Å². The first-order valence-electron chi connectivity index (χ1n) is 17.9. The molecule has 7 aromatic carbocycles. The van der Waals surface area contributed by atoms with Gasteiger partial charge in [-0.25, -0.2) is 0 Å². The minimum Gasteiger partial charge on any atom is -0.455 e. The summed E-state index contributed by atoms with van der Waals surface area (Å²) in [6, 6.07) is 55.9. The normalized spacial score (nSPS) is 14.7. The van der Waals surface area contributed by atoms with Crippen LogP contribution < -0.4 is 4.90 Å². The lowest BCUT2D eigenvalue weighted by atomic mass is 9.94. The van der Waals surface area contributed by atoms with Crippen LogP contribution in [-0.2, 0) is 0 Å². The Morgan fingerprint density at radius 3 is 1.92 bits per heavy atom. The Morgan fingerprint density at radius 2 is 1.15 bits per heavy atom. The Labute approximate surface area is 299 Å². The lowest BCUT2D eigenvalue weighted by Gasteiger charge is -2.33. The molecule has 1 unspecified atom stereocenters. The summed E-state index contributed by atoms with van der Waals surface area (Å²) in [7, 11) is 0. The van der Waals surface area contributed by atoms with Crippen LogP contribution in [0, 0.1) is 0 Å². The Hall–Kier alpha value is -6.78. The number of benzene rings is 7. The second-order valence-electron chi connectivity index (χ2n) is 13.6. The molecule has 1 atom stereocenters. The van der Waals surface area contributed by atoms with E-state index in [0.717, 1.165) is 72.9 Å². The summed E-state index contributed by atoms with van der Waals surface area (Å²) in [5.74, 6) is 0. The second-order valence-corrected chi connectivity index (χ2v) is 13.6. The summed E-state index contributed by atoms with van der Waals surface area (Å²) in [6.45, 7) is 0. The van der Waals surface area contributed by atoms with Crippen LogP contribution in [0.3, 0.4) is 0 Å². The maximum Gasteiger partial charge on any atom is 0.159 e. The van der Waals surface area contributed by atoms with Gasteiger partial charge in [0.05, 0.1) is 22.8 Å². The van der Waals surface area contributed by atoms with Crippen molar-refractivity contribution in [1.82, 2.24) is 4.57 Å². The van der Waals surface area contributed by atoms with Gasteiger partial charge in [0, 0.05) is 49.3 Å². The first-order chi connectivity index (χ1) is 25.8. The van der Waals surface area contributed by atoms with E-state index in [4.69, 9.17) is 8.83 Å². The zero-order valence-corrected chi connectivity index (χ0v) is 28.2. The van der Waals surface area contributed by atoms with Crippen molar-refractivity contribution >= 4 is 82.6 Å². The number of hydrogen-bond donors (Lipinski definition) is 0. The molecule has 246 valence electrons. The average Bonchev–Trinajstić information content (AvgIpc) is 3.89. The molecule has 0 saturated heterocycles. The number of fused-ring (bicyclic) bond motifs is 9. The molecular formula is C48H32N2O2. The number of rotatable bonds is 5. The molecule has 3 aromatic heterocycles. The number of hydrogen-bond acceptors (Lipinski definition) is 3. The minimum atomic E-state index is 0.0319. The van der Waals surface area contributed by atoms with Gasteiger partial charge in [-0.05, 0) is 60.5 Å². The fraction of sp³-hybridized carbons (Fsp3) is 0.0417. The number of nitrogens with zero attached hydrogens (tertiary/aromatic N) is 2. The molecule has 11 rings (SSSR count). The van der Waals surface area contributed by atoms with Crippen molar-refractivity contribution in [3.8, 4) is 5.69 Å². The molecule has 0 bridgehead atoms. The van der Waals surface area contributed by atoms with Gasteiger partial charge in [-0.2, -0.15) is 0 Å². The van der Waals surface area contributed by atoms with E-state index in [-0.39, 0.29) is 6.04 Å². The first-order valence-corrected chi connectivity index (χ1v) is 17.9. The fourth-order valence-corrected chi connectivity index (χ4v) is 8.37. The van der Waals surface area contributed by atoms with Gasteiger partial charge in [0.1, 0.15) is 16.7 Å². The Kier molecular flexibility index (Phi) is 6.34. The molecule has 0 fully saturated rings. The average molecular weight is 669 g/mol. The predicted molar refractivity (Wildman–Crippen MR) is 216 cm³/mol. The van der Waals surface area contributed by atoms with E-state index in [1.54, 1.807) is 0 Å². The van der Waals surface area contributed by atoms with Gasteiger partial charge in [-0.3, -0.25) is 0 Å². The van der Waals surface area contributed by atoms with Crippen molar-refractivity contribution in [3.63, 3.8) is 0 Å². The summed E-state index contributed by atoms with van der Waals surface area (Å²) in [4.78, 5) is 2.46. The highest BCUT2D eigenvalue weighted by atomic mass is 16.3. The van der Waals surface area contributed by atoms with E-state index in [9.17, 15) is 0 Å². The lowest BCUT2D eigenvalue weighted by molar-refractivity contribution is 0.664. The molecule has 1 aliphatic carbocycles. The van der Waals surface area contributed by atoms with Crippen LogP contribution in [0.1, 0.15) is 12.0 Å². The highest BCUT2D eigenvalue weighted by Crippen LogP contribution is 2.43. The van der Waals surface area contributed by atoms with Crippen molar-refractivity contribution in [2.75, 3.05) is 4.90 Å². The quantitative estimate of drug-likeness (QED) is 0.183. The molecule has 0 N–H and O–H groups in total. The third-order valence-corrected chi connectivity index (χ3v) is 10.7. The monoisotopic (exact) mass is 668 g/mol. The van der Waals surface area contributed by atoms with Crippen LogP contribution in [0.15, 0.2) is 185 Å². The van der Waals surface area contributed by atoms with E-state index in [2.05, 4.69) is 167 Å². The molecule has 52 heavy (non-hydrogen) atoms. The molecule has 0 spiro atoms. The summed E-state index contributed by atoms with van der Waals surface area (Å²) in [6.07, 6.45) is 7.77. The van der Waals surface area contributed by atoms with Gasteiger partial charge in [-0.15, -0.1) is 0 Å². The largest absolute Gasteiger partial charge is 0.455 e. The van der Waals surface area contributed by atoms with E-state index in [0.29, 0.717) is 0 Å². The number of allylic oxidation sites excluding steroid dienone is 2. The Bertz CT molecular complexity index is 3070. The van der Waals surface area contributed by atoms with Gasteiger partial charge in [-0.1, -0.05) is 127 Å². The number of para-hydroxylation sites is 6. The van der Waals surface area contributed by atoms with Crippen molar-refractivity contribution in [1.29, 1.82) is 0 Å². The molecular weight excluding hydrogens is 637 g/mol. The number of aromatic nitrogens is 1. The van der Waals surface area contributed by atoms with Gasteiger partial charge in [0.2, 0.25) is 0 Å². The van der Waals surface area contributed by atoms with E-state index in [1.165, 1.54) is 27.4 Å². The Balaban J connectivity index is 1.09. The van der Waals surface area contributed by atoms with Crippen LogP contribution in [0.2, 0.25) is 0 Å². The molecule has 0 saturated carbocycles. The Morgan fingerprint density at radius 1 is 0.519 bits per heavy atom. The van der Waals surface area contributed by atoms with E-state index < -0.39 is 0 Å². The molecule has 0 radical (unpaired) electrons. The van der Waals surface area contributed by atoms with E-state index >= 15 is 0 Å². The molecule has 4 heteroatoms. The smallest absolute Gasteiger partial charge is 0.159 e. The molecule has 10 aromatic rings. The third kappa shape index (κ3) is 4.34. The number of anilines is 2. The summed E-state index contributed by atoms with van der Waals surface area (Å²) in [5, 5.41) is 6.99. The minimum absolute atomic E-state index is 0.0319. The maximum absolute atomic E-state index is 6.67. The molecule has 1 aliphatic rings. The van der Waals surface area contributed by atoms with Crippen molar-refractivity contribution < 1.29 is 8.83 Å². The summed E-state index contributed by atoms with van der Waals surface area (Å²) < 4.78 is 15.5.